The minimum atomic E-state index is 0.0267. The highest BCUT2D eigenvalue weighted by Gasteiger charge is 2.25. The van der Waals surface area contributed by atoms with E-state index in [9.17, 15) is 4.79 Å². The number of hydrogen-bond donors (Lipinski definition) is 1. The van der Waals surface area contributed by atoms with Crippen LogP contribution in [0.25, 0.3) is 0 Å². The van der Waals surface area contributed by atoms with Gasteiger partial charge in [0.1, 0.15) is 0 Å². The van der Waals surface area contributed by atoms with Crippen LogP contribution in [0.4, 0.5) is 11.4 Å². The highest BCUT2D eigenvalue weighted by molar-refractivity contribution is 6.31. The van der Waals surface area contributed by atoms with Gasteiger partial charge in [-0.3, -0.25) is 4.79 Å². The Morgan fingerprint density at radius 1 is 1.08 bits per heavy atom. The normalized spacial score (nSPS) is 15.4. The largest absolute Gasteiger partial charge is 0.371 e. The van der Waals surface area contributed by atoms with Gasteiger partial charge < -0.3 is 10.2 Å². The Balaban J connectivity index is 1.60. The van der Waals surface area contributed by atoms with Gasteiger partial charge in [0.2, 0.25) is 5.91 Å². The van der Waals surface area contributed by atoms with E-state index in [1.54, 1.807) is 6.07 Å². The summed E-state index contributed by atoms with van der Waals surface area (Å²) in [6, 6.07) is 13.4. The number of carbonyl (C=O) groups is 1. The first kappa shape index (κ1) is 17.1. The van der Waals surface area contributed by atoms with Crippen LogP contribution >= 0.6 is 23.2 Å². The van der Waals surface area contributed by atoms with E-state index in [2.05, 4.69) is 16.3 Å². The van der Waals surface area contributed by atoms with Crippen molar-refractivity contribution in [1.82, 2.24) is 0 Å². The molecule has 1 aliphatic rings. The average Bonchev–Trinajstić information content (AvgIpc) is 2.58. The van der Waals surface area contributed by atoms with Crippen molar-refractivity contribution in [3.05, 3.63) is 58.1 Å². The number of anilines is 2. The van der Waals surface area contributed by atoms with Gasteiger partial charge in [0.25, 0.3) is 0 Å². The van der Waals surface area contributed by atoms with Gasteiger partial charge in [-0.05, 0) is 55.7 Å². The molecule has 0 aliphatic carbocycles. The van der Waals surface area contributed by atoms with Gasteiger partial charge in [-0.25, -0.2) is 0 Å². The van der Waals surface area contributed by atoms with Crippen LogP contribution in [-0.2, 0) is 4.79 Å². The van der Waals surface area contributed by atoms with E-state index in [4.69, 9.17) is 23.2 Å². The molecule has 0 saturated carbocycles. The fraction of sp³-hybridized carbons (Fsp3) is 0.316. The van der Waals surface area contributed by atoms with Crippen LogP contribution < -0.4 is 10.2 Å². The quantitative estimate of drug-likeness (QED) is 0.817. The highest BCUT2D eigenvalue weighted by Crippen LogP contribution is 2.27. The van der Waals surface area contributed by atoms with Crippen molar-refractivity contribution < 1.29 is 4.79 Å². The minimum absolute atomic E-state index is 0.0267. The van der Waals surface area contributed by atoms with Crippen LogP contribution in [-0.4, -0.2) is 19.0 Å². The van der Waals surface area contributed by atoms with E-state index in [-0.39, 0.29) is 11.8 Å². The second-order valence-electron chi connectivity index (χ2n) is 6.19. The maximum absolute atomic E-state index is 12.5. The molecule has 0 unspecified atom stereocenters. The molecule has 1 N–H and O–H groups in total. The molecule has 0 atom stereocenters. The molecule has 2 aromatic carbocycles. The second kappa shape index (κ2) is 7.45. The summed E-state index contributed by atoms with van der Waals surface area (Å²) in [5, 5.41) is 4.39. The average molecular weight is 363 g/mol. The van der Waals surface area contributed by atoms with Gasteiger partial charge in [-0.15, -0.1) is 0 Å². The Bertz CT molecular complexity index is 740. The third-order valence-corrected chi connectivity index (χ3v) is 4.97. The lowest BCUT2D eigenvalue weighted by Crippen LogP contribution is -2.38. The van der Waals surface area contributed by atoms with Crippen molar-refractivity contribution >= 4 is 40.5 Å². The molecule has 0 bridgehead atoms. The summed E-state index contributed by atoms with van der Waals surface area (Å²) in [5.74, 6) is 0.102. The Labute approximate surface area is 152 Å². The zero-order valence-corrected chi connectivity index (χ0v) is 15.1. The number of rotatable bonds is 3. The predicted molar refractivity (Wildman–Crippen MR) is 101 cm³/mol. The molecule has 1 amide bonds. The van der Waals surface area contributed by atoms with Gasteiger partial charge in [0, 0.05) is 40.4 Å². The highest BCUT2D eigenvalue weighted by atomic mass is 35.5. The summed E-state index contributed by atoms with van der Waals surface area (Å²) in [5.41, 5.74) is 2.93. The van der Waals surface area contributed by atoms with Gasteiger partial charge >= 0.3 is 0 Å². The molecular weight excluding hydrogens is 343 g/mol. The predicted octanol–water partition coefficient (Wildman–Crippen LogP) is 5.16. The molecule has 1 fully saturated rings. The van der Waals surface area contributed by atoms with Crippen molar-refractivity contribution in [1.29, 1.82) is 0 Å². The number of piperidine rings is 1. The minimum Gasteiger partial charge on any atom is -0.371 e. The number of amides is 1. The van der Waals surface area contributed by atoms with E-state index in [0.717, 1.165) is 47.9 Å². The summed E-state index contributed by atoms with van der Waals surface area (Å²) in [6.45, 7) is 3.67. The first-order chi connectivity index (χ1) is 11.5. The number of hydrogen-bond acceptors (Lipinski definition) is 2. The lowest BCUT2D eigenvalue weighted by atomic mass is 9.95. The summed E-state index contributed by atoms with van der Waals surface area (Å²) < 4.78 is 0. The molecule has 0 aromatic heterocycles. The third-order valence-electron chi connectivity index (χ3n) is 4.50. The standard InChI is InChI=1S/C19H20Cl2N2O/c1-13-5-6-16(21)12-18(13)22-19(24)14-7-9-23(10-8-14)17-4-2-3-15(20)11-17/h2-6,11-12,14H,7-10H2,1H3,(H,22,24). The zero-order valence-electron chi connectivity index (χ0n) is 13.6. The van der Waals surface area contributed by atoms with Crippen LogP contribution in [0.15, 0.2) is 42.5 Å². The van der Waals surface area contributed by atoms with Crippen LogP contribution in [0.3, 0.4) is 0 Å². The first-order valence-electron chi connectivity index (χ1n) is 8.10. The van der Waals surface area contributed by atoms with Gasteiger partial charge in [-0.2, -0.15) is 0 Å². The second-order valence-corrected chi connectivity index (χ2v) is 7.06. The number of carbonyl (C=O) groups excluding carboxylic acids is 1. The summed E-state index contributed by atoms with van der Waals surface area (Å²) >= 11 is 12.1. The Morgan fingerprint density at radius 2 is 1.79 bits per heavy atom. The molecule has 5 heteroatoms. The number of nitrogens with zero attached hydrogens (tertiary/aromatic N) is 1. The summed E-state index contributed by atoms with van der Waals surface area (Å²) in [4.78, 5) is 14.8. The summed E-state index contributed by atoms with van der Waals surface area (Å²) in [7, 11) is 0. The molecule has 2 aromatic rings. The summed E-state index contributed by atoms with van der Waals surface area (Å²) in [6.07, 6.45) is 1.66. The Kier molecular flexibility index (Phi) is 5.32. The fourth-order valence-electron chi connectivity index (χ4n) is 3.04. The third kappa shape index (κ3) is 4.03. The van der Waals surface area contributed by atoms with Gasteiger partial charge in [-0.1, -0.05) is 35.3 Å². The van der Waals surface area contributed by atoms with Crippen molar-refractivity contribution in [2.45, 2.75) is 19.8 Å². The number of halogens is 2. The molecule has 0 spiro atoms. The van der Waals surface area contributed by atoms with E-state index in [0.29, 0.717) is 5.02 Å². The van der Waals surface area contributed by atoms with E-state index >= 15 is 0 Å². The zero-order chi connectivity index (χ0) is 17.1. The monoisotopic (exact) mass is 362 g/mol. The first-order valence-corrected chi connectivity index (χ1v) is 8.86. The fourth-order valence-corrected chi connectivity index (χ4v) is 3.39. The molecule has 1 heterocycles. The molecule has 1 saturated heterocycles. The van der Waals surface area contributed by atoms with Crippen LogP contribution in [0.2, 0.25) is 10.0 Å². The van der Waals surface area contributed by atoms with Crippen LogP contribution in [0.5, 0.6) is 0 Å². The molecule has 0 radical (unpaired) electrons. The van der Waals surface area contributed by atoms with E-state index < -0.39 is 0 Å². The smallest absolute Gasteiger partial charge is 0.227 e. The van der Waals surface area contributed by atoms with Crippen LogP contribution in [0.1, 0.15) is 18.4 Å². The van der Waals surface area contributed by atoms with Crippen molar-refractivity contribution in [2.24, 2.45) is 5.92 Å². The van der Waals surface area contributed by atoms with Crippen molar-refractivity contribution in [3.8, 4) is 0 Å². The van der Waals surface area contributed by atoms with Crippen molar-refractivity contribution in [3.63, 3.8) is 0 Å². The molecule has 3 nitrogen and oxygen atoms in total. The Hall–Kier alpha value is -1.71. The number of benzene rings is 2. The molecule has 1 aliphatic heterocycles. The SMILES string of the molecule is Cc1ccc(Cl)cc1NC(=O)C1CCN(c2cccc(Cl)c2)CC1. The number of aryl methyl sites for hydroxylation is 1. The Morgan fingerprint density at radius 3 is 2.50 bits per heavy atom. The van der Waals surface area contributed by atoms with Crippen molar-refractivity contribution in [2.75, 3.05) is 23.3 Å². The lowest BCUT2D eigenvalue weighted by Gasteiger charge is -2.33. The molecule has 126 valence electrons. The number of nitrogens with one attached hydrogen (secondary N) is 1. The molecular formula is C19H20Cl2N2O. The van der Waals surface area contributed by atoms with E-state index in [1.165, 1.54) is 0 Å². The van der Waals surface area contributed by atoms with Gasteiger partial charge in [0.15, 0.2) is 0 Å². The molecule has 3 rings (SSSR count). The maximum Gasteiger partial charge on any atom is 0.227 e. The lowest BCUT2D eigenvalue weighted by molar-refractivity contribution is -0.120. The van der Waals surface area contributed by atoms with Gasteiger partial charge in [0.05, 0.1) is 0 Å². The topological polar surface area (TPSA) is 32.3 Å². The van der Waals surface area contributed by atoms with E-state index in [1.807, 2.05) is 37.3 Å². The maximum atomic E-state index is 12.5. The molecule has 24 heavy (non-hydrogen) atoms. The van der Waals surface area contributed by atoms with Crippen LogP contribution in [0, 0.1) is 12.8 Å².